The molecular formula is C5H9FN2. The Morgan fingerprint density at radius 2 is 2.38 bits per heavy atom. The highest BCUT2D eigenvalue weighted by molar-refractivity contribution is 4.97. The SMILES string of the molecule is C=C(C)N/C(F)=C\N. The van der Waals surface area contributed by atoms with Gasteiger partial charge in [0, 0.05) is 11.9 Å². The van der Waals surface area contributed by atoms with Crippen LogP contribution in [-0.4, -0.2) is 0 Å². The van der Waals surface area contributed by atoms with Gasteiger partial charge in [0.15, 0.2) is 0 Å². The number of allylic oxidation sites excluding steroid dienone is 1. The van der Waals surface area contributed by atoms with Crippen LogP contribution in [0.1, 0.15) is 6.92 Å². The molecular weight excluding hydrogens is 107 g/mol. The van der Waals surface area contributed by atoms with Gasteiger partial charge in [0.1, 0.15) is 0 Å². The lowest BCUT2D eigenvalue weighted by atomic mass is 10.6. The summed E-state index contributed by atoms with van der Waals surface area (Å²) in [7, 11) is 0. The second-order valence-electron chi connectivity index (χ2n) is 1.42. The first kappa shape index (κ1) is 7.01. The van der Waals surface area contributed by atoms with Crippen molar-refractivity contribution in [2.45, 2.75) is 6.92 Å². The van der Waals surface area contributed by atoms with Gasteiger partial charge in [-0.15, -0.1) is 0 Å². The van der Waals surface area contributed by atoms with Crippen LogP contribution in [0.5, 0.6) is 0 Å². The van der Waals surface area contributed by atoms with E-state index in [1.807, 2.05) is 0 Å². The van der Waals surface area contributed by atoms with Crippen molar-refractivity contribution in [3.8, 4) is 0 Å². The molecule has 0 aliphatic rings. The van der Waals surface area contributed by atoms with Crippen LogP contribution in [0.25, 0.3) is 0 Å². The highest BCUT2D eigenvalue weighted by atomic mass is 19.1. The number of nitrogens with one attached hydrogen (secondary N) is 1. The summed E-state index contributed by atoms with van der Waals surface area (Å²) < 4.78 is 11.9. The number of nitrogens with two attached hydrogens (primary N) is 1. The molecule has 0 spiro atoms. The van der Waals surface area contributed by atoms with E-state index in [-0.39, 0.29) is 0 Å². The first-order chi connectivity index (χ1) is 3.66. The molecule has 3 heteroatoms. The number of hydrogen-bond acceptors (Lipinski definition) is 2. The third-order valence-corrected chi connectivity index (χ3v) is 0.479. The first-order valence-electron chi connectivity index (χ1n) is 2.16. The minimum Gasteiger partial charge on any atom is -0.401 e. The fraction of sp³-hybridized carbons (Fsp3) is 0.200. The molecule has 46 valence electrons. The average Bonchev–Trinajstić information content (AvgIpc) is 1.65. The Hall–Kier alpha value is -0.990. The van der Waals surface area contributed by atoms with Crippen molar-refractivity contribution in [2.75, 3.05) is 0 Å². The number of hydrogen-bond donors (Lipinski definition) is 2. The van der Waals surface area contributed by atoms with Crippen molar-refractivity contribution in [1.29, 1.82) is 0 Å². The number of halogens is 1. The van der Waals surface area contributed by atoms with Crippen molar-refractivity contribution in [3.63, 3.8) is 0 Å². The normalized spacial score (nSPS) is 11.0. The minimum absolute atomic E-state index is 0.532. The summed E-state index contributed by atoms with van der Waals surface area (Å²) in [6, 6.07) is 0. The van der Waals surface area contributed by atoms with Crippen LogP contribution < -0.4 is 11.1 Å². The maximum atomic E-state index is 11.9. The van der Waals surface area contributed by atoms with Crippen molar-refractivity contribution >= 4 is 0 Å². The topological polar surface area (TPSA) is 38.0 Å². The second kappa shape index (κ2) is 3.07. The molecule has 0 fully saturated rings. The van der Waals surface area contributed by atoms with Gasteiger partial charge in [-0.25, -0.2) is 0 Å². The van der Waals surface area contributed by atoms with E-state index in [1.54, 1.807) is 6.92 Å². The quantitative estimate of drug-likeness (QED) is 0.524. The fourth-order valence-corrected chi connectivity index (χ4v) is 0.246. The van der Waals surface area contributed by atoms with E-state index in [2.05, 4.69) is 11.9 Å². The van der Waals surface area contributed by atoms with Gasteiger partial charge in [0.05, 0.1) is 0 Å². The van der Waals surface area contributed by atoms with Crippen molar-refractivity contribution in [1.82, 2.24) is 5.32 Å². The first-order valence-corrected chi connectivity index (χ1v) is 2.16. The van der Waals surface area contributed by atoms with Crippen LogP contribution in [-0.2, 0) is 0 Å². The lowest BCUT2D eigenvalue weighted by Gasteiger charge is -1.97. The molecule has 0 aliphatic heterocycles. The van der Waals surface area contributed by atoms with Gasteiger partial charge in [-0.05, 0) is 6.92 Å². The second-order valence-corrected chi connectivity index (χ2v) is 1.42. The Bertz CT molecular complexity index is 118. The van der Waals surface area contributed by atoms with Gasteiger partial charge >= 0.3 is 0 Å². The third kappa shape index (κ3) is 3.21. The van der Waals surface area contributed by atoms with Crippen LogP contribution >= 0.6 is 0 Å². The Morgan fingerprint density at radius 3 is 2.50 bits per heavy atom. The Morgan fingerprint density at radius 1 is 1.88 bits per heavy atom. The summed E-state index contributed by atoms with van der Waals surface area (Å²) in [6.45, 7) is 5.04. The summed E-state index contributed by atoms with van der Waals surface area (Å²) in [5.74, 6) is -0.572. The summed E-state index contributed by atoms with van der Waals surface area (Å²) in [5, 5.41) is 2.27. The lowest BCUT2D eigenvalue weighted by molar-refractivity contribution is 0.573. The molecule has 0 heterocycles. The van der Waals surface area contributed by atoms with Gasteiger partial charge in [-0.1, -0.05) is 6.58 Å². The van der Waals surface area contributed by atoms with E-state index in [1.165, 1.54) is 0 Å². The van der Waals surface area contributed by atoms with Gasteiger partial charge in [0.25, 0.3) is 0 Å². The molecule has 0 rings (SSSR count). The molecule has 0 saturated carbocycles. The Kier molecular flexibility index (Phi) is 2.69. The van der Waals surface area contributed by atoms with E-state index in [0.717, 1.165) is 6.20 Å². The average molecular weight is 116 g/mol. The highest BCUT2D eigenvalue weighted by Gasteiger charge is 1.86. The summed E-state index contributed by atoms with van der Waals surface area (Å²) in [6.07, 6.45) is 0.842. The molecule has 8 heavy (non-hydrogen) atoms. The van der Waals surface area contributed by atoms with E-state index < -0.39 is 5.95 Å². The molecule has 0 radical (unpaired) electrons. The number of rotatable bonds is 2. The molecule has 0 aromatic carbocycles. The molecule has 3 N–H and O–H groups in total. The molecule has 0 bridgehead atoms. The smallest absolute Gasteiger partial charge is 0.206 e. The van der Waals surface area contributed by atoms with Crippen LogP contribution in [0.2, 0.25) is 0 Å². The van der Waals surface area contributed by atoms with Crippen molar-refractivity contribution in [3.05, 3.63) is 24.4 Å². The van der Waals surface area contributed by atoms with Crippen molar-refractivity contribution in [2.24, 2.45) is 5.73 Å². The monoisotopic (exact) mass is 116 g/mol. The largest absolute Gasteiger partial charge is 0.401 e. The molecule has 0 aromatic heterocycles. The molecule has 0 unspecified atom stereocenters. The maximum Gasteiger partial charge on any atom is 0.206 e. The van der Waals surface area contributed by atoms with Crippen LogP contribution in [0.4, 0.5) is 4.39 Å². The lowest BCUT2D eigenvalue weighted by Crippen LogP contribution is -2.06. The fourth-order valence-electron chi connectivity index (χ4n) is 0.246. The van der Waals surface area contributed by atoms with Gasteiger partial charge in [0.2, 0.25) is 5.95 Å². The molecule has 0 aliphatic carbocycles. The van der Waals surface area contributed by atoms with Crippen LogP contribution in [0.15, 0.2) is 24.4 Å². The molecule has 0 atom stereocenters. The van der Waals surface area contributed by atoms with E-state index >= 15 is 0 Å². The molecule has 2 nitrogen and oxygen atoms in total. The molecule has 0 amide bonds. The van der Waals surface area contributed by atoms with Crippen LogP contribution in [0.3, 0.4) is 0 Å². The van der Waals surface area contributed by atoms with Gasteiger partial charge in [-0.2, -0.15) is 4.39 Å². The van der Waals surface area contributed by atoms with Crippen LogP contribution in [0, 0.1) is 0 Å². The summed E-state index contributed by atoms with van der Waals surface area (Å²) >= 11 is 0. The zero-order valence-electron chi connectivity index (χ0n) is 4.74. The summed E-state index contributed by atoms with van der Waals surface area (Å²) in [5.41, 5.74) is 5.31. The minimum atomic E-state index is -0.572. The Balaban J connectivity index is 3.56. The third-order valence-electron chi connectivity index (χ3n) is 0.479. The maximum absolute atomic E-state index is 11.9. The zero-order valence-corrected chi connectivity index (χ0v) is 4.74. The molecule has 0 aromatic rings. The summed E-state index contributed by atoms with van der Waals surface area (Å²) in [4.78, 5) is 0. The molecule has 0 saturated heterocycles. The highest BCUT2D eigenvalue weighted by Crippen LogP contribution is 1.89. The van der Waals surface area contributed by atoms with Crippen molar-refractivity contribution < 1.29 is 4.39 Å². The Labute approximate surface area is 47.9 Å². The van der Waals surface area contributed by atoms with E-state index in [4.69, 9.17) is 5.73 Å². The van der Waals surface area contributed by atoms with E-state index in [0.29, 0.717) is 5.70 Å². The predicted molar refractivity (Wildman–Crippen MR) is 31.3 cm³/mol. The van der Waals surface area contributed by atoms with Gasteiger partial charge < -0.3 is 11.1 Å². The standard InChI is InChI=1S/C5H9FN2/c1-4(2)8-5(6)3-7/h3,8H,1,7H2,2H3/b5-3-. The van der Waals surface area contributed by atoms with E-state index in [9.17, 15) is 4.39 Å². The predicted octanol–water partition coefficient (Wildman–Crippen LogP) is 0.837. The zero-order chi connectivity index (χ0) is 6.57. The van der Waals surface area contributed by atoms with Gasteiger partial charge in [-0.3, -0.25) is 0 Å².